The first-order valence-corrected chi connectivity index (χ1v) is 8.60. The molecule has 0 aromatic carbocycles. The minimum absolute atomic E-state index is 0.264. The molecule has 3 rings (SSSR count). The van der Waals surface area contributed by atoms with Gasteiger partial charge in [0.05, 0.1) is 6.54 Å². The van der Waals surface area contributed by atoms with Crippen LogP contribution in [0.3, 0.4) is 0 Å². The Balaban J connectivity index is 1.63. The van der Waals surface area contributed by atoms with Crippen LogP contribution in [0.25, 0.3) is 0 Å². The van der Waals surface area contributed by atoms with Gasteiger partial charge in [-0.05, 0) is 50.3 Å². The number of nitrogens with zero attached hydrogens (tertiary/aromatic N) is 4. The number of anilines is 2. The van der Waals surface area contributed by atoms with Crippen molar-refractivity contribution in [3.05, 3.63) is 42.0 Å². The number of nitrogens with one attached hydrogen (secondary N) is 1. The number of pyridine rings is 1. The second-order valence-corrected chi connectivity index (χ2v) is 6.60. The van der Waals surface area contributed by atoms with Crippen molar-refractivity contribution >= 4 is 17.5 Å². The lowest BCUT2D eigenvalue weighted by Crippen LogP contribution is -2.41. The van der Waals surface area contributed by atoms with Crippen molar-refractivity contribution in [3.63, 3.8) is 0 Å². The summed E-state index contributed by atoms with van der Waals surface area (Å²) in [4.78, 5) is 26.3. The third-order valence-electron chi connectivity index (χ3n) is 4.46. The van der Waals surface area contributed by atoms with Crippen LogP contribution in [0.15, 0.2) is 30.7 Å². The summed E-state index contributed by atoms with van der Waals surface area (Å²) in [6.45, 7) is 4.17. The van der Waals surface area contributed by atoms with Gasteiger partial charge < -0.3 is 11.1 Å². The van der Waals surface area contributed by atoms with Crippen molar-refractivity contribution in [2.75, 3.05) is 25.0 Å². The molecule has 0 aliphatic carbocycles. The van der Waals surface area contributed by atoms with E-state index in [4.69, 9.17) is 5.73 Å². The average molecular weight is 340 g/mol. The van der Waals surface area contributed by atoms with Crippen LogP contribution in [0, 0.1) is 12.8 Å². The average Bonchev–Trinajstić information content (AvgIpc) is 2.57. The first kappa shape index (κ1) is 17.3. The molecule has 0 bridgehead atoms. The number of primary amides is 1. The maximum Gasteiger partial charge on any atom is 0.231 e. The summed E-state index contributed by atoms with van der Waals surface area (Å²) in [6, 6.07) is 5.89. The van der Waals surface area contributed by atoms with Gasteiger partial charge in [-0.1, -0.05) is 6.07 Å². The second kappa shape index (κ2) is 8.02. The molecule has 0 saturated carbocycles. The van der Waals surface area contributed by atoms with E-state index in [1.165, 1.54) is 0 Å². The van der Waals surface area contributed by atoms with Crippen LogP contribution < -0.4 is 11.1 Å². The summed E-state index contributed by atoms with van der Waals surface area (Å²) >= 11 is 0. The minimum Gasteiger partial charge on any atom is -0.369 e. The Kier molecular flexibility index (Phi) is 5.55. The molecule has 1 saturated heterocycles. The third kappa shape index (κ3) is 4.96. The predicted molar refractivity (Wildman–Crippen MR) is 96.4 cm³/mol. The molecule has 1 aliphatic heterocycles. The third-order valence-corrected chi connectivity index (χ3v) is 4.46. The molecule has 1 amide bonds. The highest BCUT2D eigenvalue weighted by molar-refractivity contribution is 5.75. The van der Waals surface area contributed by atoms with E-state index >= 15 is 0 Å². The van der Waals surface area contributed by atoms with E-state index in [2.05, 4.69) is 25.2 Å². The summed E-state index contributed by atoms with van der Waals surface area (Å²) < 4.78 is 0. The van der Waals surface area contributed by atoms with Crippen molar-refractivity contribution in [1.29, 1.82) is 0 Å². The molecule has 2 aromatic rings. The largest absolute Gasteiger partial charge is 0.369 e. The molecule has 3 N–H and O–H groups in total. The fourth-order valence-corrected chi connectivity index (χ4v) is 3.29. The lowest BCUT2D eigenvalue weighted by atomic mass is 9.93. The predicted octanol–water partition coefficient (Wildman–Crippen LogP) is 1.66. The van der Waals surface area contributed by atoms with Crippen molar-refractivity contribution in [2.45, 2.75) is 26.2 Å². The number of piperidine rings is 1. The standard InChI is InChI=1S/C18H24N6O/c1-13-4-2-6-20-18(13)23-17-9-15(21-12-22-17)8-14-5-3-7-24(10-14)11-16(19)25/h2,4,6,9,12,14H,3,5,7-8,10-11H2,1H3,(H2,19,25)(H,20,21,22,23). The molecule has 1 fully saturated rings. The highest BCUT2D eigenvalue weighted by Gasteiger charge is 2.21. The number of hydrogen-bond acceptors (Lipinski definition) is 6. The van der Waals surface area contributed by atoms with E-state index < -0.39 is 0 Å². The van der Waals surface area contributed by atoms with Gasteiger partial charge >= 0.3 is 0 Å². The molecule has 2 aromatic heterocycles. The Morgan fingerprint density at radius 3 is 3.08 bits per heavy atom. The number of nitrogens with two attached hydrogens (primary N) is 1. The Hall–Kier alpha value is -2.54. The van der Waals surface area contributed by atoms with Crippen molar-refractivity contribution in [2.24, 2.45) is 11.7 Å². The second-order valence-electron chi connectivity index (χ2n) is 6.60. The molecule has 1 atom stereocenters. The normalized spacial score (nSPS) is 18.0. The summed E-state index contributed by atoms with van der Waals surface area (Å²) in [5.41, 5.74) is 7.38. The first-order valence-electron chi connectivity index (χ1n) is 8.60. The summed E-state index contributed by atoms with van der Waals surface area (Å²) in [7, 11) is 0. The molecular formula is C18H24N6O. The van der Waals surface area contributed by atoms with E-state index in [1.807, 2.05) is 25.1 Å². The highest BCUT2D eigenvalue weighted by Crippen LogP contribution is 2.21. The fraction of sp³-hybridized carbons (Fsp3) is 0.444. The maximum atomic E-state index is 11.1. The van der Waals surface area contributed by atoms with Crippen molar-refractivity contribution in [3.8, 4) is 0 Å². The number of likely N-dealkylation sites (tertiary alicyclic amines) is 1. The molecule has 0 spiro atoms. The van der Waals surface area contributed by atoms with Crippen molar-refractivity contribution in [1.82, 2.24) is 19.9 Å². The van der Waals surface area contributed by atoms with Crippen LogP contribution in [0.4, 0.5) is 11.6 Å². The number of carbonyl (C=O) groups is 1. The molecule has 25 heavy (non-hydrogen) atoms. The summed E-state index contributed by atoms with van der Waals surface area (Å²) in [5.74, 6) is 1.77. The van der Waals surface area contributed by atoms with Crippen LogP contribution in [-0.4, -0.2) is 45.4 Å². The van der Waals surface area contributed by atoms with Gasteiger partial charge in [0.2, 0.25) is 5.91 Å². The monoisotopic (exact) mass is 340 g/mol. The Morgan fingerprint density at radius 2 is 2.28 bits per heavy atom. The molecule has 0 radical (unpaired) electrons. The van der Waals surface area contributed by atoms with Gasteiger partial charge in [0.1, 0.15) is 18.0 Å². The quantitative estimate of drug-likeness (QED) is 0.830. The lowest BCUT2D eigenvalue weighted by Gasteiger charge is -2.31. The highest BCUT2D eigenvalue weighted by atomic mass is 16.1. The summed E-state index contributed by atoms with van der Waals surface area (Å²) in [6.07, 6.45) is 6.43. The van der Waals surface area contributed by atoms with Gasteiger partial charge in [0, 0.05) is 24.5 Å². The van der Waals surface area contributed by atoms with E-state index in [-0.39, 0.29) is 5.91 Å². The smallest absolute Gasteiger partial charge is 0.231 e. The Morgan fingerprint density at radius 1 is 1.40 bits per heavy atom. The Labute approximate surface area is 147 Å². The van der Waals surface area contributed by atoms with Crippen LogP contribution in [0.1, 0.15) is 24.1 Å². The first-order chi connectivity index (χ1) is 12.1. The lowest BCUT2D eigenvalue weighted by molar-refractivity contribution is -0.119. The number of carbonyl (C=O) groups excluding carboxylic acids is 1. The Bertz CT molecular complexity index is 735. The molecule has 7 heteroatoms. The molecule has 3 heterocycles. The number of aryl methyl sites for hydroxylation is 1. The number of hydrogen-bond donors (Lipinski definition) is 2. The van der Waals surface area contributed by atoms with E-state index in [9.17, 15) is 4.79 Å². The number of amides is 1. The van der Waals surface area contributed by atoms with E-state index in [0.717, 1.165) is 55.2 Å². The van der Waals surface area contributed by atoms with Gasteiger partial charge in [-0.2, -0.15) is 0 Å². The molecular weight excluding hydrogens is 316 g/mol. The van der Waals surface area contributed by atoms with Gasteiger partial charge in [-0.25, -0.2) is 15.0 Å². The fourth-order valence-electron chi connectivity index (χ4n) is 3.29. The van der Waals surface area contributed by atoms with Crippen LogP contribution in [0.5, 0.6) is 0 Å². The van der Waals surface area contributed by atoms with Gasteiger partial charge in [-0.3, -0.25) is 9.69 Å². The van der Waals surface area contributed by atoms with Crippen LogP contribution in [-0.2, 0) is 11.2 Å². The zero-order valence-electron chi connectivity index (χ0n) is 14.5. The van der Waals surface area contributed by atoms with Gasteiger partial charge in [-0.15, -0.1) is 0 Å². The number of aromatic nitrogens is 3. The summed E-state index contributed by atoms with van der Waals surface area (Å²) in [5, 5.41) is 3.25. The van der Waals surface area contributed by atoms with Crippen molar-refractivity contribution < 1.29 is 4.79 Å². The van der Waals surface area contributed by atoms with Gasteiger partial charge in [0.15, 0.2) is 0 Å². The molecule has 1 aliphatic rings. The van der Waals surface area contributed by atoms with E-state index in [0.29, 0.717) is 12.5 Å². The molecule has 132 valence electrons. The zero-order chi connectivity index (χ0) is 17.6. The SMILES string of the molecule is Cc1cccnc1Nc1cc(CC2CCCN(CC(N)=O)C2)ncn1. The minimum atomic E-state index is -0.264. The topological polar surface area (TPSA) is 97.0 Å². The van der Waals surface area contributed by atoms with Crippen LogP contribution >= 0.6 is 0 Å². The number of rotatable bonds is 6. The zero-order valence-corrected chi connectivity index (χ0v) is 14.5. The van der Waals surface area contributed by atoms with E-state index in [1.54, 1.807) is 12.5 Å². The molecule has 1 unspecified atom stereocenters. The van der Waals surface area contributed by atoms with Crippen LogP contribution in [0.2, 0.25) is 0 Å². The van der Waals surface area contributed by atoms with Gasteiger partial charge in [0.25, 0.3) is 0 Å². The maximum absolute atomic E-state index is 11.1. The molecule has 7 nitrogen and oxygen atoms in total.